The van der Waals surface area contributed by atoms with Crippen molar-refractivity contribution in [1.82, 2.24) is 0 Å². The van der Waals surface area contributed by atoms with E-state index in [1.165, 1.54) is 25.0 Å². The standard InChI is InChI=1S/C15H20FNO2/c16-12-5-6-13(11(9-12)10-18)17-7-8-19-15-4-2-1-3-14(15)17/h5-6,9,14-15,18H,1-4,7-8,10H2. The molecule has 1 N–H and O–H groups in total. The van der Waals surface area contributed by atoms with Crippen molar-refractivity contribution in [1.29, 1.82) is 0 Å². The van der Waals surface area contributed by atoms with Gasteiger partial charge in [-0.05, 0) is 31.0 Å². The largest absolute Gasteiger partial charge is 0.392 e. The quantitative estimate of drug-likeness (QED) is 0.891. The Bertz CT molecular complexity index is 450. The summed E-state index contributed by atoms with van der Waals surface area (Å²) in [6, 6.07) is 5.07. The molecule has 1 aliphatic carbocycles. The summed E-state index contributed by atoms with van der Waals surface area (Å²) in [5.74, 6) is -0.291. The molecule has 2 unspecified atom stereocenters. The van der Waals surface area contributed by atoms with E-state index in [0.717, 1.165) is 25.1 Å². The Kier molecular flexibility index (Phi) is 3.71. The number of nitrogens with zero attached hydrogens (tertiary/aromatic N) is 1. The number of fused-ring (bicyclic) bond motifs is 1. The van der Waals surface area contributed by atoms with Crippen molar-refractivity contribution >= 4 is 5.69 Å². The highest BCUT2D eigenvalue weighted by atomic mass is 19.1. The molecule has 1 saturated heterocycles. The number of aliphatic hydroxyl groups excluding tert-OH is 1. The average Bonchev–Trinajstić information content (AvgIpc) is 2.46. The third-order valence-corrected chi connectivity index (χ3v) is 4.25. The normalized spacial score (nSPS) is 27.2. The number of ether oxygens (including phenoxy) is 1. The van der Waals surface area contributed by atoms with Crippen LogP contribution in [0.15, 0.2) is 18.2 Å². The summed E-state index contributed by atoms with van der Waals surface area (Å²) in [5, 5.41) is 9.44. The molecule has 1 saturated carbocycles. The van der Waals surface area contributed by atoms with Crippen molar-refractivity contribution < 1.29 is 14.2 Å². The van der Waals surface area contributed by atoms with Crippen LogP contribution in [0.5, 0.6) is 0 Å². The lowest BCUT2D eigenvalue weighted by atomic mass is 9.89. The predicted octanol–water partition coefficient (Wildman–Crippen LogP) is 2.47. The van der Waals surface area contributed by atoms with Gasteiger partial charge in [0.1, 0.15) is 5.82 Å². The topological polar surface area (TPSA) is 32.7 Å². The fourth-order valence-corrected chi connectivity index (χ4v) is 3.36. The first-order chi connectivity index (χ1) is 9.29. The van der Waals surface area contributed by atoms with E-state index in [4.69, 9.17) is 4.74 Å². The smallest absolute Gasteiger partial charge is 0.123 e. The molecule has 1 heterocycles. The van der Waals surface area contributed by atoms with Gasteiger partial charge >= 0.3 is 0 Å². The van der Waals surface area contributed by atoms with Crippen molar-refractivity contribution in [2.75, 3.05) is 18.1 Å². The lowest BCUT2D eigenvalue weighted by molar-refractivity contribution is -0.00880. The second-order valence-corrected chi connectivity index (χ2v) is 5.39. The van der Waals surface area contributed by atoms with Crippen LogP contribution in [0.2, 0.25) is 0 Å². The second-order valence-electron chi connectivity index (χ2n) is 5.39. The number of hydrogen-bond acceptors (Lipinski definition) is 3. The highest BCUT2D eigenvalue weighted by molar-refractivity contribution is 5.55. The molecule has 2 atom stereocenters. The van der Waals surface area contributed by atoms with Gasteiger partial charge in [-0.3, -0.25) is 0 Å². The Morgan fingerprint density at radius 2 is 2.16 bits per heavy atom. The van der Waals surface area contributed by atoms with E-state index in [-0.39, 0.29) is 12.4 Å². The van der Waals surface area contributed by atoms with Crippen LogP contribution in [-0.4, -0.2) is 30.4 Å². The van der Waals surface area contributed by atoms with E-state index in [1.54, 1.807) is 6.07 Å². The van der Waals surface area contributed by atoms with Gasteiger partial charge in [0.2, 0.25) is 0 Å². The van der Waals surface area contributed by atoms with Crippen molar-refractivity contribution in [3.8, 4) is 0 Å². The number of hydrogen-bond donors (Lipinski definition) is 1. The molecule has 104 valence electrons. The summed E-state index contributed by atoms with van der Waals surface area (Å²) in [6.45, 7) is 1.41. The minimum absolute atomic E-state index is 0.123. The number of halogens is 1. The van der Waals surface area contributed by atoms with Crippen molar-refractivity contribution in [3.63, 3.8) is 0 Å². The van der Waals surface area contributed by atoms with E-state index < -0.39 is 0 Å². The van der Waals surface area contributed by atoms with Crippen LogP contribution in [0.3, 0.4) is 0 Å². The molecule has 0 bridgehead atoms. The lowest BCUT2D eigenvalue weighted by Gasteiger charge is -2.45. The van der Waals surface area contributed by atoms with E-state index in [0.29, 0.717) is 24.3 Å². The van der Waals surface area contributed by atoms with Crippen LogP contribution in [0.4, 0.5) is 10.1 Å². The van der Waals surface area contributed by atoms with Crippen LogP contribution in [-0.2, 0) is 11.3 Å². The van der Waals surface area contributed by atoms with Gasteiger partial charge in [0.25, 0.3) is 0 Å². The molecule has 1 aromatic rings. The van der Waals surface area contributed by atoms with Gasteiger partial charge in [-0.2, -0.15) is 0 Å². The van der Waals surface area contributed by atoms with E-state index in [2.05, 4.69) is 4.90 Å². The summed E-state index contributed by atoms with van der Waals surface area (Å²) in [6.07, 6.45) is 4.96. The number of anilines is 1. The molecule has 19 heavy (non-hydrogen) atoms. The van der Waals surface area contributed by atoms with Gasteiger partial charge in [-0.15, -0.1) is 0 Å². The average molecular weight is 265 g/mol. The Balaban J connectivity index is 1.91. The second kappa shape index (κ2) is 5.47. The fraction of sp³-hybridized carbons (Fsp3) is 0.600. The maximum absolute atomic E-state index is 13.3. The highest BCUT2D eigenvalue weighted by Crippen LogP contribution is 2.33. The third-order valence-electron chi connectivity index (χ3n) is 4.25. The first-order valence-corrected chi connectivity index (χ1v) is 7.07. The van der Waals surface area contributed by atoms with Gasteiger partial charge in [0.05, 0.1) is 25.4 Å². The van der Waals surface area contributed by atoms with Crippen LogP contribution in [0.1, 0.15) is 31.2 Å². The Hall–Kier alpha value is -1.13. The summed E-state index contributed by atoms with van der Waals surface area (Å²) in [7, 11) is 0. The van der Waals surface area contributed by atoms with Crippen LogP contribution < -0.4 is 4.90 Å². The molecular weight excluding hydrogens is 245 g/mol. The van der Waals surface area contributed by atoms with Gasteiger partial charge in [-0.25, -0.2) is 4.39 Å². The zero-order chi connectivity index (χ0) is 13.2. The molecule has 3 nitrogen and oxygen atoms in total. The van der Waals surface area contributed by atoms with Crippen molar-refractivity contribution in [2.45, 2.75) is 44.4 Å². The van der Waals surface area contributed by atoms with Gasteiger partial charge in [0.15, 0.2) is 0 Å². The molecule has 1 aliphatic heterocycles. The zero-order valence-electron chi connectivity index (χ0n) is 11.0. The van der Waals surface area contributed by atoms with E-state index in [9.17, 15) is 9.50 Å². The van der Waals surface area contributed by atoms with Crippen LogP contribution in [0.25, 0.3) is 0 Å². The highest BCUT2D eigenvalue weighted by Gasteiger charge is 2.34. The lowest BCUT2D eigenvalue weighted by Crippen LogP contribution is -2.53. The monoisotopic (exact) mass is 265 g/mol. The molecule has 2 aliphatic rings. The maximum Gasteiger partial charge on any atom is 0.123 e. The minimum Gasteiger partial charge on any atom is -0.392 e. The predicted molar refractivity (Wildman–Crippen MR) is 71.7 cm³/mol. The molecule has 0 spiro atoms. The molecule has 4 heteroatoms. The zero-order valence-corrected chi connectivity index (χ0v) is 11.0. The SMILES string of the molecule is OCc1cc(F)ccc1N1CCOC2CCCCC21. The Morgan fingerprint density at radius 3 is 3.00 bits per heavy atom. The molecule has 2 fully saturated rings. The van der Waals surface area contributed by atoms with Gasteiger partial charge < -0.3 is 14.7 Å². The molecule has 0 amide bonds. The van der Waals surface area contributed by atoms with E-state index >= 15 is 0 Å². The summed E-state index contributed by atoms with van der Waals surface area (Å²) < 4.78 is 19.1. The first-order valence-electron chi connectivity index (χ1n) is 7.07. The number of rotatable bonds is 2. The molecular formula is C15H20FNO2. The fourth-order valence-electron chi connectivity index (χ4n) is 3.36. The van der Waals surface area contributed by atoms with Crippen LogP contribution in [0, 0.1) is 5.82 Å². The molecule has 0 radical (unpaired) electrons. The van der Waals surface area contributed by atoms with Gasteiger partial charge in [-0.1, -0.05) is 12.8 Å². The summed E-state index contributed by atoms with van der Waals surface area (Å²) in [4.78, 5) is 2.30. The molecule has 1 aromatic carbocycles. The first kappa shape index (κ1) is 12.9. The Labute approximate surface area is 113 Å². The number of benzene rings is 1. The van der Waals surface area contributed by atoms with Crippen molar-refractivity contribution in [2.24, 2.45) is 0 Å². The van der Waals surface area contributed by atoms with Crippen LogP contribution >= 0.6 is 0 Å². The minimum atomic E-state index is -0.291. The Morgan fingerprint density at radius 1 is 1.32 bits per heavy atom. The van der Waals surface area contributed by atoms with Crippen molar-refractivity contribution in [3.05, 3.63) is 29.6 Å². The maximum atomic E-state index is 13.3. The number of morpholine rings is 1. The van der Waals surface area contributed by atoms with Gasteiger partial charge in [0, 0.05) is 17.8 Å². The molecule has 0 aromatic heterocycles. The number of aliphatic hydroxyl groups is 1. The summed E-state index contributed by atoms with van der Waals surface area (Å²) in [5.41, 5.74) is 1.63. The summed E-state index contributed by atoms with van der Waals surface area (Å²) >= 11 is 0. The third kappa shape index (κ3) is 2.47. The van der Waals surface area contributed by atoms with E-state index in [1.807, 2.05) is 0 Å². The molecule has 3 rings (SSSR count).